The summed E-state index contributed by atoms with van der Waals surface area (Å²) in [4.78, 5) is 22.5. The van der Waals surface area contributed by atoms with E-state index in [1.165, 1.54) is 47.9 Å². The van der Waals surface area contributed by atoms with Crippen LogP contribution in [0, 0.1) is 0 Å². The first-order valence-electron chi connectivity index (χ1n) is 14.6. The van der Waals surface area contributed by atoms with Crippen molar-refractivity contribution in [3.05, 3.63) is 105 Å². The second-order valence-corrected chi connectivity index (χ2v) is 13.7. The maximum Gasteiger partial charge on any atom is 0.159 e. The van der Waals surface area contributed by atoms with Gasteiger partial charge in [0.1, 0.15) is 0 Å². The highest BCUT2D eigenvalue weighted by molar-refractivity contribution is 5.94. The number of carbonyl (C=O) groups excluding carboxylic acids is 2. The van der Waals surface area contributed by atoms with Crippen LogP contribution in [-0.2, 0) is 35.5 Å². The van der Waals surface area contributed by atoms with Gasteiger partial charge in [-0.3, -0.25) is 9.59 Å². The second kappa shape index (κ2) is 10.9. The van der Waals surface area contributed by atoms with Crippen LogP contribution in [0.3, 0.4) is 0 Å². The first kappa shape index (κ1) is 29.0. The summed E-state index contributed by atoms with van der Waals surface area (Å²) in [6, 6.07) is 21.1. The normalized spacial score (nSPS) is 18.5. The third-order valence-corrected chi connectivity index (χ3v) is 9.29. The lowest BCUT2D eigenvalue weighted by atomic mass is 9.85. The molecule has 39 heavy (non-hydrogen) atoms. The molecule has 0 bridgehead atoms. The standard InChI is InChI=1S/2C13H16O.C11H14/c1-9(14)10-4-5-12-11(8-10)6-7-13(12,2)3;1-9(14)11-5-4-10-6-7-13(2,3)12(10)8-11;1-11(2)8-7-9-5-3-4-6-10(9)11/h2*4-5,8H,6-7H2,1-3H3;3-6H,7-8H2,1-2H3. The average Bonchev–Trinajstić information content (AvgIpc) is 3.49. The third-order valence-electron chi connectivity index (χ3n) is 9.29. The summed E-state index contributed by atoms with van der Waals surface area (Å²) in [7, 11) is 0. The molecule has 206 valence electrons. The lowest BCUT2D eigenvalue weighted by Crippen LogP contribution is -2.12. The third kappa shape index (κ3) is 6.26. The fourth-order valence-corrected chi connectivity index (χ4v) is 6.47. The van der Waals surface area contributed by atoms with Gasteiger partial charge in [0.15, 0.2) is 11.6 Å². The average molecular weight is 523 g/mol. The minimum absolute atomic E-state index is 0.163. The zero-order chi connectivity index (χ0) is 28.6. The van der Waals surface area contributed by atoms with Crippen molar-refractivity contribution in [2.75, 3.05) is 0 Å². The minimum atomic E-state index is 0.163. The summed E-state index contributed by atoms with van der Waals surface area (Å²) < 4.78 is 0. The molecule has 0 saturated carbocycles. The molecule has 2 nitrogen and oxygen atoms in total. The molecular formula is C37H46O2. The Balaban J connectivity index is 0.000000137. The summed E-state index contributed by atoms with van der Waals surface area (Å²) in [6.07, 6.45) is 7.24. The van der Waals surface area contributed by atoms with E-state index in [4.69, 9.17) is 0 Å². The predicted octanol–water partition coefficient (Wildman–Crippen LogP) is 9.14. The van der Waals surface area contributed by atoms with Gasteiger partial charge in [0.05, 0.1) is 0 Å². The molecule has 3 aromatic rings. The Labute approximate surface area is 236 Å². The molecule has 0 saturated heterocycles. The van der Waals surface area contributed by atoms with Crippen LogP contribution in [0.2, 0.25) is 0 Å². The van der Waals surface area contributed by atoms with Crippen molar-refractivity contribution < 1.29 is 9.59 Å². The van der Waals surface area contributed by atoms with E-state index in [-0.39, 0.29) is 17.0 Å². The first-order valence-corrected chi connectivity index (χ1v) is 14.6. The molecule has 0 fully saturated rings. The van der Waals surface area contributed by atoms with Gasteiger partial charge in [-0.25, -0.2) is 0 Å². The van der Waals surface area contributed by atoms with Crippen molar-refractivity contribution in [2.45, 2.75) is 110 Å². The highest BCUT2D eigenvalue weighted by Crippen LogP contribution is 2.40. The van der Waals surface area contributed by atoms with Gasteiger partial charge in [0.25, 0.3) is 0 Å². The topological polar surface area (TPSA) is 34.1 Å². The van der Waals surface area contributed by atoms with Crippen LogP contribution in [0.25, 0.3) is 0 Å². The van der Waals surface area contributed by atoms with Gasteiger partial charge in [0, 0.05) is 11.1 Å². The Kier molecular flexibility index (Phi) is 8.08. The fraction of sp³-hybridized carbons (Fsp3) is 0.459. The van der Waals surface area contributed by atoms with Crippen LogP contribution < -0.4 is 0 Å². The maximum absolute atomic E-state index is 11.3. The van der Waals surface area contributed by atoms with Gasteiger partial charge < -0.3 is 0 Å². The van der Waals surface area contributed by atoms with Crippen molar-refractivity contribution in [2.24, 2.45) is 0 Å². The number of fused-ring (bicyclic) bond motifs is 3. The maximum atomic E-state index is 11.3. The van der Waals surface area contributed by atoms with Crippen molar-refractivity contribution in [1.29, 1.82) is 0 Å². The summed E-state index contributed by atoms with van der Waals surface area (Å²) >= 11 is 0. The lowest BCUT2D eigenvalue weighted by molar-refractivity contribution is 0.100. The van der Waals surface area contributed by atoms with Gasteiger partial charge in [-0.05, 0) is 114 Å². The molecule has 0 amide bonds. The quantitative estimate of drug-likeness (QED) is 0.314. The second-order valence-electron chi connectivity index (χ2n) is 13.7. The largest absolute Gasteiger partial charge is 0.295 e. The molecule has 0 atom stereocenters. The van der Waals surface area contributed by atoms with Crippen LogP contribution in [0.4, 0.5) is 0 Å². The Morgan fingerprint density at radius 2 is 0.949 bits per heavy atom. The van der Waals surface area contributed by atoms with E-state index >= 15 is 0 Å². The van der Waals surface area contributed by atoms with Crippen LogP contribution in [0.15, 0.2) is 60.7 Å². The van der Waals surface area contributed by atoms with Crippen LogP contribution in [0.5, 0.6) is 0 Å². The van der Waals surface area contributed by atoms with Crippen LogP contribution in [-0.4, -0.2) is 11.6 Å². The van der Waals surface area contributed by atoms with E-state index in [0.717, 1.165) is 24.0 Å². The summed E-state index contributed by atoms with van der Waals surface area (Å²) in [5.74, 6) is 0.327. The molecule has 2 heteroatoms. The molecule has 0 spiro atoms. The number of ketones is 2. The fourth-order valence-electron chi connectivity index (χ4n) is 6.47. The molecule has 3 aliphatic carbocycles. The predicted molar refractivity (Wildman–Crippen MR) is 163 cm³/mol. The summed E-state index contributed by atoms with van der Waals surface area (Å²) in [5.41, 5.74) is 11.3. The van der Waals surface area contributed by atoms with E-state index in [9.17, 15) is 9.59 Å². The van der Waals surface area contributed by atoms with Gasteiger partial charge in [0.2, 0.25) is 0 Å². The van der Waals surface area contributed by atoms with Gasteiger partial charge >= 0.3 is 0 Å². The SMILES string of the molecule is CC(=O)c1ccc2c(c1)C(C)(C)CC2.CC(=O)c1ccc2c(c1)CCC2(C)C.CC1(C)CCc2ccccc21. The number of hydrogen-bond donors (Lipinski definition) is 0. The Hall–Kier alpha value is -3.00. The number of carbonyl (C=O) groups is 2. The Morgan fingerprint density at radius 3 is 1.51 bits per heavy atom. The van der Waals surface area contributed by atoms with E-state index in [1.54, 1.807) is 25.0 Å². The molecule has 0 radical (unpaired) electrons. The summed E-state index contributed by atoms with van der Waals surface area (Å²) in [6.45, 7) is 17.0. The number of Topliss-reactive ketones (excluding diaryl/α,β-unsaturated/α-hetero) is 2. The first-order chi connectivity index (χ1) is 18.2. The highest BCUT2D eigenvalue weighted by atomic mass is 16.1. The Morgan fingerprint density at radius 1 is 0.513 bits per heavy atom. The van der Waals surface area contributed by atoms with E-state index in [0.29, 0.717) is 10.8 Å². The van der Waals surface area contributed by atoms with Gasteiger partial charge in [-0.2, -0.15) is 0 Å². The smallest absolute Gasteiger partial charge is 0.159 e. The number of benzene rings is 3. The molecule has 0 heterocycles. The van der Waals surface area contributed by atoms with Crippen molar-refractivity contribution in [3.8, 4) is 0 Å². The van der Waals surface area contributed by atoms with E-state index in [2.05, 4.69) is 90.1 Å². The van der Waals surface area contributed by atoms with Crippen molar-refractivity contribution in [1.82, 2.24) is 0 Å². The molecule has 0 unspecified atom stereocenters. The molecule has 6 rings (SSSR count). The monoisotopic (exact) mass is 522 g/mol. The molecule has 0 N–H and O–H groups in total. The zero-order valence-corrected chi connectivity index (χ0v) is 25.3. The highest BCUT2D eigenvalue weighted by Gasteiger charge is 2.31. The van der Waals surface area contributed by atoms with Crippen molar-refractivity contribution >= 4 is 11.6 Å². The molecular weight excluding hydrogens is 476 g/mol. The Bertz CT molecular complexity index is 1390. The molecule has 0 aromatic heterocycles. The number of aryl methyl sites for hydroxylation is 3. The summed E-state index contributed by atoms with van der Waals surface area (Å²) in [5, 5.41) is 0. The number of rotatable bonds is 2. The van der Waals surface area contributed by atoms with E-state index in [1.807, 2.05) is 12.1 Å². The number of hydrogen-bond acceptors (Lipinski definition) is 2. The molecule has 0 aliphatic heterocycles. The molecule has 3 aromatic carbocycles. The zero-order valence-electron chi connectivity index (χ0n) is 25.3. The van der Waals surface area contributed by atoms with Gasteiger partial charge in [-0.1, -0.05) is 90.1 Å². The lowest BCUT2D eigenvalue weighted by Gasteiger charge is -2.19. The van der Waals surface area contributed by atoms with Gasteiger partial charge in [-0.15, -0.1) is 0 Å². The van der Waals surface area contributed by atoms with Crippen molar-refractivity contribution in [3.63, 3.8) is 0 Å². The van der Waals surface area contributed by atoms with E-state index < -0.39 is 0 Å². The minimum Gasteiger partial charge on any atom is -0.295 e. The molecule has 3 aliphatic rings. The van der Waals surface area contributed by atoms with Crippen LogP contribution >= 0.6 is 0 Å². The van der Waals surface area contributed by atoms with Crippen LogP contribution in [0.1, 0.15) is 129 Å².